The van der Waals surface area contributed by atoms with Crippen LogP contribution in [0, 0.1) is 0 Å². The van der Waals surface area contributed by atoms with E-state index < -0.39 is 0 Å². The Bertz CT molecular complexity index is 151. The Morgan fingerprint density at radius 3 is 3.00 bits per heavy atom. The first-order valence-corrected chi connectivity index (χ1v) is 4.54. The molecule has 1 saturated heterocycles. The molecule has 0 aromatic carbocycles. The van der Waals surface area contributed by atoms with Crippen LogP contribution in [0.15, 0.2) is 11.0 Å². The highest BCUT2D eigenvalue weighted by atomic mass is 32.2. The molecule has 0 aromatic rings. The van der Waals surface area contributed by atoms with Gasteiger partial charge in [0.15, 0.2) is 0 Å². The normalized spacial score (nSPS) is 22.8. The van der Waals surface area contributed by atoms with E-state index in [-0.39, 0.29) is 0 Å². The topological polar surface area (TPSA) is 12.0 Å². The Hall–Kier alpha value is -0.0200. The van der Waals surface area contributed by atoms with Crippen molar-refractivity contribution in [1.82, 2.24) is 5.32 Å². The van der Waals surface area contributed by atoms with E-state index in [1.54, 1.807) is 11.8 Å². The molecule has 1 nitrogen and oxygen atoms in total. The van der Waals surface area contributed by atoms with E-state index in [1.807, 2.05) is 6.26 Å². The summed E-state index contributed by atoms with van der Waals surface area (Å²) in [6.45, 7) is 1.02. The second-order valence-electron chi connectivity index (χ2n) is 1.88. The molecule has 3 heteroatoms. The quantitative estimate of drug-likeness (QED) is 0.460. The fourth-order valence-electron chi connectivity index (χ4n) is 0.792. The second-order valence-corrected chi connectivity index (χ2v) is 3.00. The third-order valence-corrected chi connectivity index (χ3v) is 2.16. The molecule has 0 saturated carbocycles. The third kappa shape index (κ3) is 1.69. The second kappa shape index (κ2) is 3.22. The lowest BCUT2D eigenvalue weighted by Gasteiger charge is -1.91. The number of nitrogens with one attached hydrogen (secondary N) is 1. The molecular weight excluding hydrogens is 150 g/mol. The third-order valence-electron chi connectivity index (χ3n) is 1.23. The molecule has 50 valence electrons. The highest BCUT2D eigenvalue weighted by Crippen LogP contribution is 2.12. The lowest BCUT2D eigenvalue weighted by Crippen LogP contribution is -2.11. The van der Waals surface area contributed by atoms with Gasteiger partial charge in [-0.2, -0.15) is 0 Å². The minimum atomic E-state index is 0.935. The van der Waals surface area contributed by atoms with E-state index >= 15 is 0 Å². The van der Waals surface area contributed by atoms with E-state index in [2.05, 4.69) is 10.7 Å². The van der Waals surface area contributed by atoms with Gasteiger partial charge in [0.05, 0.1) is 0 Å². The van der Waals surface area contributed by atoms with E-state index in [1.165, 1.54) is 5.57 Å². The molecule has 1 heterocycles. The van der Waals surface area contributed by atoms with Crippen LogP contribution < -0.4 is 5.32 Å². The van der Waals surface area contributed by atoms with Gasteiger partial charge >= 0.3 is 0 Å². The number of thiocarbonyl (C=S) groups is 1. The van der Waals surface area contributed by atoms with Crippen LogP contribution in [0.4, 0.5) is 0 Å². The molecule has 0 unspecified atom stereocenters. The predicted molar refractivity (Wildman–Crippen MR) is 46.8 cm³/mol. The summed E-state index contributed by atoms with van der Waals surface area (Å²) in [5.74, 6) is 0. The minimum Gasteiger partial charge on any atom is -0.376 e. The monoisotopic (exact) mass is 159 g/mol. The summed E-state index contributed by atoms with van der Waals surface area (Å²) in [6, 6.07) is 0. The zero-order chi connectivity index (χ0) is 6.69. The molecule has 1 rings (SSSR count). The number of rotatable bonds is 1. The molecule has 1 aliphatic heterocycles. The standard InChI is InChI=1S/C6H9NS2/c1-9-4-5-2-3-7-6(5)8/h4H,2-3H2,1H3,(H,7,8). The van der Waals surface area contributed by atoms with Crippen LogP contribution in [-0.4, -0.2) is 17.8 Å². The first kappa shape index (κ1) is 7.09. The smallest absolute Gasteiger partial charge is 0.103 e. The van der Waals surface area contributed by atoms with Crippen LogP contribution in [0.3, 0.4) is 0 Å². The Kier molecular flexibility index (Phi) is 2.54. The molecule has 0 aliphatic carbocycles. The molecule has 0 spiro atoms. The Balaban J connectivity index is 2.59. The molecule has 0 bridgehead atoms. The van der Waals surface area contributed by atoms with Gasteiger partial charge in [0.25, 0.3) is 0 Å². The van der Waals surface area contributed by atoms with Crippen molar-refractivity contribution in [1.29, 1.82) is 0 Å². The van der Waals surface area contributed by atoms with Crippen molar-refractivity contribution >= 4 is 29.0 Å². The van der Waals surface area contributed by atoms with Gasteiger partial charge in [-0.3, -0.25) is 0 Å². The number of hydrogen-bond acceptors (Lipinski definition) is 2. The fourth-order valence-corrected chi connectivity index (χ4v) is 1.65. The predicted octanol–water partition coefficient (Wildman–Crippen LogP) is 1.55. The Labute approximate surface area is 64.9 Å². The van der Waals surface area contributed by atoms with Crippen LogP contribution in [0.2, 0.25) is 0 Å². The zero-order valence-corrected chi connectivity index (χ0v) is 6.94. The molecule has 9 heavy (non-hydrogen) atoms. The Morgan fingerprint density at radius 2 is 2.56 bits per heavy atom. The van der Waals surface area contributed by atoms with Gasteiger partial charge < -0.3 is 5.32 Å². The number of thioether (sulfide) groups is 1. The summed E-state index contributed by atoms with van der Waals surface area (Å²) >= 11 is 6.73. The summed E-state index contributed by atoms with van der Waals surface area (Å²) in [4.78, 5) is 0.935. The average Bonchev–Trinajstić information content (AvgIpc) is 2.18. The first-order valence-electron chi connectivity index (χ1n) is 2.84. The highest BCUT2D eigenvalue weighted by Gasteiger charge is 2.10. The summed E-state index contributed by atoms with van der Waals surface area (Å²) in [6.07, 6.45) is 3.15. The van der Waals surface area contributed by atoms with Gasteiger partial charge in [-0.25, -0.2) is 0 Å². The lowest BCUT2D eigenvalue weighted by molar-refractivity contribution is 0.959. The minimum absolute atomic E-state index is 0.935. The lowest BCUT2D eigenvalue weighted by atomic mass is 10.3. The van der Waals surface area contributed by atoms with Gasteiger partial charge in [0, 0.05) is 6.54 Å². The van der Waals surface area contributed by atoms with Crippen molar-refractivity contribution in [2.24, 2.45) is 0 Å². The van der Waals surface area contributed by atoms with Crippen LogP contribution in [0.25, 0.3) is 0 Å². The number of hydrogen-bond donors (Lipinski definition) is 1. The maximum atomic E-state index is 5.01. The van der Waals surface area contributed by atoms with Crippen molar-refractivity contribution in [3.63, 3.8) is 0 Å². The summed E-state index contributed by atoms with van der Waals surface area (Å²) < 4.78 is 0. The highest BCUT2D eigenvalue weighted by molar-refractivity contribution is 8.01. The molecule has 1 N–H and O–H groups in total. The van der Waals surface area contributed by atoms with Gasteiger partial charge in [-0.1, -0.05) is 12.2 Å². The van der Waals surface area contributed by atoms with E-state index in [0.29, 0.717) is 0 Å². The van der Waals surface area contributed by atoms with Crippen molar-refractivity contribution in [2.75, 3.05) is 12.8 Å². The van der Waals surface area contributed by atoms with Crippen LogP contribution in [-0.2, 0) is 0 Å². The fraction of sp³-hybridized carbons (Fsp3) is 0.500. The molecule has 0 atom stereocenters. The van der Waals surface area contributed by atoms with Crippen molar-refractivity contribution in [2.45, 2.75) is 6.42 Å². The summed E-state index contributed by atoms with van der Waals surface area (Å²) in [7, 11) is 0. The first-order chi connectivity index (χ1) is 4.34. The van der Waals surface area contributed by atoms with Gasteiger partial charge in [-0.15, -0.1) is 11.8 Å². The SMILES string of the molecule is CSC=C1CCNC1=S. The van der Waals surface area contributed by atoms with Crippen molar-refractivity contribution in [3.05, 3.63) is 11.0 Å². The maximum Gasteiger partial charge on any atom is 0.103 e. The van der Waals surface area contributed by atoms with Gasteiger partial charge in [0.1, 0.15) is 4.99 Å². The largest absolute Gasteiger partial charge is 0.376 e. The van der Waals surface area contributed by atoms with Gasteiger partial charge in [0.2, 0.25) is 0 Å². The molecular formula is C6H9NS2. The van der Waals surface area contributed by atoms with Crippen LogP contribution in [0.1, 0.15) is 6.42 Å². The molecule has 0 radical (unpaired) electrons. The molecule has 1 aliphatic rings. The average molecular weight is 159 g/mol. The van der Waals surface area contributed by atoms with Crippen molar-refractivity contribution in [3.8, 4) is 0 Å². The van der Waals surface area contributed by atoms with Gasteiger partial charge in [-0.05, 0) is 23.7 Å². The molecule has 1 fully saturated rings. The Morgan fingerprint density at radius 1 is 1.78 bits per heavy atom. The molecule has 0 aromatic heterocycles. The summed E-state index contributed by atoms with van der Waals surface area (Å²) in [5, 5.41) is 5.22. The maximum absolute atomic E-state index is 5.01. The van der Waals surface area contributed by atoms with E-state index in [0.717, 1.165) is 18.0 Å². The van der Waals surface area contributed by atoms with Crippen molar-refractivity contribution < 1.29 is 0 Å². The summed E-state index contributed by atoms with van der Waals surface area (Å²) in [5.41, 5.74) is 1.29. The van der Waals surface area contributed by atoms with Crippen LogP contribution in [0.5, 0.6) is 0 Å². The van der Waals surface area contributed by atoms with E-state index in [4.69, 9.17) is 12.2 Å². The van der Waals surface area contributed by atoms with Crippen LogP contribution >= 0.6 is 24.0 Å². The molecule has 0 amide bonds. The van der Waals surface area contributed by atoms with E-state index in [9.17, 15) is 0 Å². The zero-order valence-electron chi connectivity index (χ0n) is 5.31.